The van der Waals surface area contributed by atoms with Crippen LogP contribution in [0.4, 0.5) is 0 Å². The zero-order valence-electron chi connectivity index (χ0n) is 8.64. The van der Waals surface area contributed by atoms with E-state index in [1.165, 1.54) is 6.92 Å². The summed E-state index contributed by atoms with van der Waals surface area (Å²) in [6, 6.07) is 2.02. The maximum Gasteiger partial charge on any atom is 0.323 e. The fourth-order valence-corrected chi connectivity index (χ4v) is 1.22. The SMILES string of the molecule is C[C@@](N)(Cc1cc(O)c(O)cc1O)C(=O)O. The summed E-state index contributed by atoms with van der Waals surface area (Å²) in [6.45, 7) is 1.29. The molecule has 0 aliphatic rings. The number of carboxylic acids is 1. The van der Waals surface area contributed by atoms with Gasteiger partial charge in [0.1, 0.15) is 11.3 Å². The summed E-state index contributed by atoms with van der Waals surface area (Å²) >= 11 is 0. The molecule has 1 aromatic rings. The molecule has 1 rings (SSSR count). The lowest BCUT2D eigenvalue weighted by Gasteiger charge is -2.19. The van der Waals surface area contributed by atoms with Gasteiger partial charge in [0.15, 0.2) is 11.5 Å². The lowest BCUT2D eigenvalue weighted by atomic mass is 9.93. The average Bonchev–Trinajstić information content (AvgIpc) is 2.13. The third-order valence-electron chi connectivity index (χ3n) is 2.22. The van der Waals surface area contributed by atoms with E-state index in [2.05, 4.69) is 0 Å². The van der Waals surface area contributed by atoms with Crippen LogP contribution in [0.2, 0.25) is 0 Å². The van der Waals surface area contributed by atoms with E-state index in [1.807, 2.05) is 0 Å². The van der Waals surface area contributed by atoms with Gasteiger partial charge in [-0.3, -0.25) is 4.79 Å². The Morgan fingerprint density at radius 1 is 1.25 bits per heavy atom. The van der Waals surface area contributed by atoms with Crippen molar-refractivity contribution in [3.05, 3.63) is 17.7 Å². The van der Waals surface area contributed by atoms with Gasteiger partial charge in [-0.25, -0.2) is 0 Å². The predicted octanol–water partition coefficient (Wildman–Crippen LogP) is 0.148. The van der Waals surface area contributed by atoms with Gasteiger partial charge in [0.2, 0.25) is 0 Å². The van der Waals surface area contributed by atoms with Crippen LogP contribution in [0.1, 0.15) is 12.5 Å². The molecule has 6 heteroatoms. The summed E-state index contributed by atoms with van der Waals surface area (Å²) in [7, 11) is 0. The molecule has 0 heterocycles. The molecular weight excluding hydrogens is 214 g/mol. The number of aliphatic carboxylic acids is 1. The Labute approximate surface area is 91.6 Å². The van der Waals surface area contributed by atoms with Gasteiger partial charge in [0.05, 0.1) is 0 Å². The largest absolute Gasteiger partial charge is 0.508 e. The standard InChI is InChI=1S/C10H13NO5/c1-10(11,9(15)16)4-5-2-7(13)8(14)3-6(5)12/h2-3,12-14H,4,11H2,1H3,(H,15,16)/t10-/m1/s1. The molecule has 0 saturated carbocycles. The first-order chi connectivity index (χ1) is 7.24. The molecule has 0 aliphatic heterocycles. The fraction of sp³-hybridized carbons (Fsp3) is 0.300. The molecular formula is C10H13NO5. The summed E-state index contributed by atoms with van der Waals surface area (Å²) < 4.78 is 0. The zero-order chi connectivity index (χ0) is 12.5. The number of carboxylic acid groups (broad SMARTS) is 1. The van der Waals surface area contributed by atoms with E-state index in [0.717, 1.165) is 12.1 Å². The topological polar surface area (TPSA) is 124 Å². The fourth-order valence-electron chi connectivity index (χ4n) is 1.22. The highest BCUT2D eigenvalue weighted by Gasteiger charge is 2.29. The molecule has 88 valence electrons. The van der Waals surface area contributed by atoms with Gasteiger partial charge in [-0.2, -0.15) is 0 Å². The molecule has 0 fully saturated rings. The zero-order valence-corrected chi connectivity index (χ0v) is 8.64. The van der Waals surface area contributed by atoms with Gasteiger partial charge in [0.25, 0.3) is 0 Å². The van der Waals surface area contributed by atoms with Gasteiger partial charge < -0.3 is 26.2 Å². The Kier molecular flexibility index (Phi) is 2.95. The molecule has 0 saturated heterocycles. The number of hydrogen-bond donors (Lipinski definition) is 5. The smallest absolute Gasteiger partial charge is 0.323 e. The van der Waals surface area contributed by atoms with E-state index in [9.17, 15) is 15.0 Å². The van der Waals surface area contributed by atoms with E-state index in [4.69, 9.17) is 15.9 Å². The third kappa shape index (κ3) is 2.34. The summed E-state index contributed by atoms with van der Waals surface area (Å²) in [6.07, 6.45) is -0.165. The number of nitrogens with two attached hydrogens (primary N) is 1. The van der Waals surface area contributed by atoms with Crippen molar-refractivity contribution < 1.29 is 25.2 Å². The molecule has 0 bridgehead atoms. The van der Waals surface area contributed by atoms with Gasteiger partial charge >= 0.3 is 5.97 Å². The Bertz CT molecular complexity index is 427. The van der Waals surface area contributed by atoms with Crippen molar-refractivity contribution in [1.29, 1.82) is 0 Å². The quantitative estimate of drug-likeness (QED) is 0.370. The Morgan fingerprint density at radius 3 is 2.25 bits per heavy atom. The van der Waals surface area contributed by atoms with Crippen LogP contribution in [0.5, 0.6) is 17.2 Å². The number of benzene rings is 1. The molecule has 6 N–H and O–H groups in total. The van der Waals surface area contributed by atoms with Crippen LogP contribution in [0.15, 0.2) is 12.1 Å². The normalized spacial score (nSPS) is 14.4. The minimum atomic E-state index is -1.55. The maximum absolute atomic E-state index is 10.8. The van der Waals surface area contributed by atoms with Crippen molar-refractivity contribution in [3.8, 4) is 17.2 Å². The molecule has 16 heavy (non-hydrogen) atoms. The Hall–Kier alpha value is -1.95. The highest BCUT2D eigenvalue weighted by Crippen LogP contribution is 2.33. The van der Waals surface area contributed by atoms with Crippen molar-refractivity contribution in [1.82, 2.24) is 0 Å². The van der Waals surface area contributed by atoms with Crippen LogP contribution < -0.4 is 5.73 Å². The molecule has 0 aliphatic carbocycles. The van der Waals surface area contributed by atoms with Gasteiger partial charge in [0, 0.05) is 18.1 Å². The molecule has 6 nitrogen and oxygen atoms in total. The summed E-state index contributed by atoms with van der Waals surface area (Å²) in [5.74, 6) is -2.45. The molecule has 0 amide bonds. The highest BCUT2D eigenvalue weighted by molar-refractivity contribution is 5.78. The molecule has 0 aromatic heterocycles. The number of aromatic hydroxyl groups is 3. The first kappa shape index (κ1) is 12.1. The summed E-state index contributed by atoms with van der Waals surface area (Å²) in [5.41, 5.74) is 4.09. The summed E-state index contributed by atoms with van der Waals surface area (Å²) in [5, 5.41) is 36.5. The second-order valence-electron chi connectivity index (χ2n) is 3.87. The van der Waals surface area contributed by atoms with Crippen LogP contribution in [-0.4, -0.2) is 31.9 Å². The highest BCUT2D eigenvalue weighted by atomic mass is 16.4. The monoisotopic (exact) mass is 227 g/mol. The second-order valence-corrected chi connectivity index (χ2v) is 3.87. The van der Waals surface area contributed by atoms with Gasteiger partial charge in [-0.15, -0.1) is 0 Å². The van der Waals surface area contributed by atoms with Crippen molar-refractivity contribution in [2.75, 3.05) is 0 Å². The average molecular weight is 227 g/mol. The van der Waals surface area contributed by atoms with E-state index < -0.39 is 23.0 Å². The summed E-state index contributed by atoms with van der Waals surface area (Å²) in [4.78, 5) is 10.8. The minimum Gasteiger partial charge on any atom is -0.508 e. The number of hydrogen-bond acceptors (Lipinski definition) is 5. The van der Waals surface area contributed by atoms with Crippen molar-refractivity contribution >= 4 is 5.97 Å². The lowest BCUT2D eigenvalue weighted by molar-refractivity contribution is -0.142. The van der Waals surface area contributed by atoms with Crippen LogP contribution >= 0.6 is 0 Å². The van der Waals surface area contributed by atoms with E-state index in [0.29, 0.717) is 0 Å². The number of phenolic OH excluding ortho intramolecular Hbond substituents is 3. The van der Waals surface area contributed by atoms with Crippen molar-refractivity contribution in [2.45, 2.75) is 18.9 Å². The second kappa shape index (κ2) is 3.90. The Morgan fingerprint density at radius 2 is 1.75 bits per heavy atom. The molecule has 0 radical (unpaired) electrons. The van der Waals surface area contributed by atoms with E-state index in [1.54, 1.807) is 0 Å². The maximum atomic E-state index is 10.8. The molecule has 0 unspecified atom stereocenters. The van der Waals surface area contributed by atoms with E-state index in [-0.39, 0.29) is 17.7 Å². The molecule has 0 spiro atoms. The van der Waals surface area contributed by atoms with Gasteiger partial charge in [-0.1, -0.05) is 0 Å². The first-order valence-corrected chi connectivity index (χ1v) is 4.50. The first-order valence-electron chi connectivity index (χ1n) is 4.50. The number of rotatable bonds is 3. The lowest BCUT2D eigenvalue weighted by Crippen LogP contribution is -2.46. The van der Waals surface area contributed by atoms with Crippen LogP contribution in [0.25, 0.3) is 0 Å². The van der Waals surface area contributed by atoms with Crippen LogP contribution in [0, 0.1) is 0 Å². The Balaban J connectivity index is 3.07. The molecule has 1 aromatic carbocycles. The van der Waals surface area contributed by atoms with E-state index >= 15 is 0 Å². The van der Waals surface area contributed by atoms with Crippen molar-refractivity contribution in [2.24, 2.45) is 5.73 Å². The molecule has 1 atom stereocenters. The number of phenols is 3. The van der Waals surface area contributed by atoms with Crippen LogP contribution in [-0.2, 0) is 11.2 Å². The minimum absolute atomic E-state index is 0.155. The van der Waals surface area contributed by atoms with Gasteiger partial charge in [-0.05, 0) is 13.0 Å². The predicted molar refractivity (Wildman–Crippen MR) is 55.4 cm³/mol. The van der Waals surface area contributed by atoms with Crippen LogP contribution in [0.3, 0.4) is 0 Å². The third-order valence-corrected chi connectivity index (χ3v) is 2.22. The van der Waals surface area contributed by atoms with Crippen molar-refractivity contribution in [3.63, 3.8) is 0 Å². The number of carbonyl (C=O) groups is 1.